The van der Waals surface area contributed by atoms with Crippen molar-refractivity contribution in [3.63, 3.8) is 0 Å². The van der Waals surface area contributed by atoms with Crippen LogP contribution in [-0.2, 0) is 11.2 Å². The number of aromatic nitrogens is 2. The van der Waals surface area contributed by atoms with Crippen LogP contribution in [0.1, 0.15) is 22.7 Å². The van der Waals surface area contributed by atoms with E-state index in [0.29, 0.717) is 35.9 Å². The van der Waals surface area contributed by atoms with Crippen molar-refractivity contribution in [2.45, 2.75) is 26.7 Å². The van der Waals surface area contributed by atoms with E-state index < -0.39 is 0 Å². The van der Waals surface area contributed by atoms with Crippen LogP contribution in [0.25, 0.3) is 10.2 Å². The van der Waals surface area contributed by atoms with E-state index in [-0.39, 0.29) is 11.5 Å². The minimum Gasteiger partial charge on any atom is -0.342 e. The Kier molecular flexibility index (Phi) is 3.92. The van der Waals surface area contributed by atoms with Crippen LogP contribution < -0.4 is 10.9 Å². The van der Waals surface area contributed by atoms with Gasteiger partial charge in [-0.25, -0.2) is 4.98 Å². The molecular formula is C17H22N4O2S. The van der Waals surface area contributed by atoms with Crippen LogP contribution in [0.3, 0.4) is 0 Å². The first-order valence-corrected chi connectivity index (χ1v) is 9.32. The fourth-order valence-corrected chi connectivity index (χ4v) is 4.91. The van der Waals surface area contributed by atoms with Crippen LogP contribution in [0.5, 0.6) is 0 Å². The van der Waals surface area contributed by atoms with Gasteiger partial charge in [-0.15, -0.1) is 11.3 Å². The monoisotopic (exact) mass is 346 g/mol. The highest BCUT2D eigenvalue weighted by Crippen LogP contribution is 2.27. The summed E-state index contributed by atoms with van der Waals surface area (Å²) in [6.45, 7) is 7.73. The van der Waals surface area contributed by atoms with Crippen molar-refractivity contribution in [3.8, 4) is 0 Å². The number of rotatable bonds is 3. The van der Waals surface area contributed by atoms with Gasteiger partial charge in [-0.2, -0.15) is 0 Å². The van der Waals surface area contributed by atoms with Gasteiger partial charge in [0, 0.05) is 43.9 Å². The molecule has 4 heterocycles. The second kappa shape index (κ2) is 5.97. The Bertz CT molecular complexity index is 844. The van der Waals surface area contributed by atoms with Gasteiger partial charge in [0.1, 0.15) is 10.7 Å². The predicted octanol–water partition coefficient (Wildman–Crippen LogP) is 1.21. The molecule has 2 atom stereocenters. The van der Waals surface area contributed by atoms with Crippen molar-refractivity contribution in [3.05, 3.63) is 26.6 Å². The van der Waals surface area contributed by atoms with Crippen molar-refractivity contribution >= 4 is 27.5 Å². The number of nitrogens with zero attached hydrogens (tertiary/aromatic N) is 2. The number of likely N-dealkylation sites (tertiary alicyclic amines) is 1. The van der Waals surface area contributed by atoms with Crippen molar-refractivity contribution in [2.24, 2.45) is 11.8 Å². The minimum absolute atomic E-state index is 0.0916. The molecule has 7 heteroatoms. The lowest BCUT2D eigenvalue weighted by molar-refractivity contribution is -0.130. The van der Waals surface area contributed by atoms with Gasteiger partial charge in [0.15, 0.2) is 0 Å². The molecule has 0 saturated carbocycles. The number of fused-ring (bicyclic) bond motifs is 2. The summed E-state index contributed by atoms with van der Waals surface area (Å²) in [4.78, 5) is 36.0. The highest BCUT2D eigenvalue weighted by molar-refractivity contribution is 7.18. The van der Waals surface area contributed by atoms with Crippen molar-refractivity contribution in [1.82, 2.24) is 20.2 Å². The standard InChI is InChI=1S/C17H22N4O2S/c1-9-10(2)24-17-15(9)16(23)19-13(20-17)3-4-14(22)21-7-11-5-18-6-12(11)8-21/h11-12,18H,3-8H2,1-2H3,(H,19,20,23)/t11-,12+. The van der Waals surface area contributed by atoms with Gasteiger partial charge in [-0.1, -0.05) is 0 Å². The molecule has 2 aliphatic rings. The summed E-state index contributed by atoms with van der Waals surface area (Å²) in [7, 11) is 0. The molecule has 2 N–H and O–H groups in total. The van der Waals surface area contributed by atoms with Crippen LogP contribution >= 0.6 is 11.3 Å². The van der Waals surface area contributed by atoms with E-state index in [1.54, 1.807) is 11.3 Å². The quantitative estimate of drug-likeness (QED) is 0.876. The summed E-state index contributed by atoms with van der Waals surface area (Å²) in [5.41, 5.74) is 0.912. The number of amides is 1. The van der Waals surface area contributed by atoms with Crippen molar-refractivity contribution in [2.75, 3.05) is 26.2 Å². The molecule has 2 saturated heterocycles. The molecule has 128 valence electrons. The lowest BCUT2D eigenvalue weighted by Gasteiger charge is -2.17. The molecule has 6 nitrogen and oxygen atoms in total. The lowest BCUT2D eigenvalue weighted by Crippen LogP contribution is -2.32. The van der Waals surface area contributed by atoms with Gasteiger partial charge in [-0.3, -0.25) is 9.59 Å². The second-order valence-corrected chi connectivity index (χ2v) is 8.16. The Balaban J connectivity index is 1.45. The van der Waals surface area contributed by atoms with Gasteiger partial charge < -0.3 is 15.2 Å². The molecule has 1 amide bonds. The summed E-state index contributed by atoms with van der Waals surface area (Å²) in [5, 5.41) is 4.07. The highest BCUT2D eigenvalue weighted by Gasteiger charge is 2.37. The first-order valence-electron chi connectivity index (χ1n) is 8.50. The summed E-state index contributed by atoms with van der Waals surface area (Å²) < 4.78 is 0. The molecule has 2 aromatic heterocycles. The van der Waals surface area contributed by atoms with Crippen molar-refractivity contribution in [1.29, 1.82) is 0 Å². The van der Waals surface area contributed by atoms with E-state index in [0.717, 1.165) is 41.5 Å². The Hall–Kier alpha value is -1.73. The molecule has 0 spiro atoms. The molecule has 0 radical (unpaired) electrons. The normalized spacial score (nSPS) is 23.2. The second-order valence-electron chi connectivity index (χ2n) is 6.95. The Morgan fingerprint density at radius 2 is 2.00 bits per heavy atom. The average molecular weight is 346 g/mol. The van der Waals surface area contributed by atoms with Crippen molar-refractivity contribution < 1.29 is 4.79 Å². The van der Waals surface area contributed by atoms with E-state index in [1.807, 2.05) is 18.7 Å². The molecule has 2 fully saturated rings. The van der Waals surface area contributed by atoms with E-state index >= 15 is 0 Å². The number of carbonyl (C=O) groups excluding carboxylic acids is 1. The maximum atomic E-state index is 12.4. The maximum Gasteiger partial charge on any atom is 0.259 e. The Labute approximate surface area is 144 Å². The smallest absolute Gasteiger partial charge is 0.259 e. The van der Waals surface area contributed by atoms with Gasteiger partial charge >= 0.3 is 0 Å². The number of carbonyl (C=O) groups is 1. The van der Waals surface area contributed by atoms with Crippen LogP contribution in [0.2, 0.25) is 0 Å². The zero-order chi connectivity index (χ0) is 16.8. The Morgan fingerprint density at radius 1 is 1.29 bits per heavy atom. The topological polar surface area (TPSA) is 78.1 Å². The first kappa shape index (κ1) is 15.8. The van der Waals surface area contributed by atoms with Gasteiger partial charge in [0.05, 0.1) is 5.39 Å². The third-order valence-electron chi connectivity index (χ3n) is 5.41. The van der Waals surface area contributed by atoms with E-state index in [9.17, 15) is 9.59 Å². The fraction of sp³-hybridized carbons (Fsp3) is 0.588. The summed E-state index contributed by atoms with van der Waals surface area (Å²) in [5.74, 6) is 2.01. The Morgan fingerprint density at radius 3 is 2.71 bits per heavy atom. The predicted molar refractivity (Wildman–Crippen MR) is 94.5 cm³/mol. The SMILES string of the molecule is Cc1sc2nc(CCC(=O)N3C[C@H]4CNC[C@H]4C3)[nH]c(=O)c2c1C. The van der Waals surface area contributed by atoms with Gasteiger partial charge in [-0.05, 0) is 31.2 Å². The highest BCUT2D eigenvalue weighted by atomic mass is 32.1. The zero-order valence-corrected chi connectivity index (χ0v) is 14.8. The van der Waals surface area contributed by atoms with E-state index in [1.165, 1.54) is 0 Å². The molecule has 2 aromatic rings. The van der Waals surface area contributed by atoms with Crippen LogP contribution in [-0.4, -0.2) is 47.0 Å². The molecule has 2 aliphatic heterocycles. The summed E-state index contributed by atoms with van der Waals surface area (Å²) in [6.07, 6.45) is 0.898. The van der Waals surface area contributed by atoms with E-state index in [4.69, 9.17) is 0 Å². The average Bonchev–Trinajstić information content (AvgIpc) is 3.19. The number of hydrogen-bond donors (Lipinski definition) is 2. The number of aryl methyl sites for hydroxylation is 3. The molecule has 0 unspecified atom stereocenters. The molecular weight excluding hydrogens is 324 g/mol. The largest absolute Gasteiger partial charge is 0.342 e. The van der Waals surface area contributed by atoms with Crippen LogP contribution in [0.4, 0.5) is 0 Å². The van der Waals surface area contributed by atoms with Gasteiger partial charge in [0.2, 0.25) is 5.91 Å². The number of nitrogens with one attached hydrogen (secondary N) is 2. The van der Waals surface area contributed by atoms with Gasteiger partial charge in [0.25, 0.3) is 5.56 Å². The van der Waals surface area contributed by atoms with Crippen LogP contribution in [0.15, 0.2) is 4.79 Å². The molecule has 0 bridgehead atoms. The molecule has 0 aromatic carbocycles. The zero-order valence-electron chi connectivity index (χ0n) is 14.0. The lowest BCUT2D eigenvalue weighted by atomic mass is 10.0. The number of H-pyrrole nitrogens is 1. The number of thiophene rings is 1. The van der Waals surface area contributed by atoms with E-state index in [2.05, 4.69) is 15.3 Å². The summed E-state index contributed by atoms with van der Waals surface area (Å²) in [6, 6.07) is 0. The summed E-state index contributed by atoms with van der Waals surface area (Å²) >= 11 is 1.54. The third-order valence-corrected chi connectivity index (χ3v) is 6.51. The molecule has 4 rings (SSSR count). The van der Waals surface area contributed by atoms with Crippen LogP contribution in [0, 0.1) is 25.7 Å². The maximum absolute atomic E-state index is 12.4. The number of hydrogen-bond acceptors (Lipinski definition) is 5. The fourth-order valence-electron chi connectivity index (χ4n) is 3.86. The minimum atomic E-state index is -0.0916. The molecule has 0 aliphatic carbocycles. The first-order chi connectivity index (χ1) is 11.5. The number of aromatic amines is 1. The third kappa shape index (κ3) is 2.65. The molecule has 24 heavy (non-hydrogen) atoms.